The van der Waals surface area contributed by atoms with E-state index in [4.69, 9.17) is 18.5 Å². The molecule has 0 aliphatic rings. The Bertz CT molecular complexity index is 367. The average molecular weight is 306 g/mol. The Morgan fingerprint density at radius 3 is 1.50 bits per heavy atom. The minimum atomic E-state index is -2.70. The maximum Gasteiger partial charge on any atom is 0.333 e. The van der Waals surface area contributed by atoms with Crippen molar-refractivity contribution in [1.29, 1.82) is 0 Å². The van der Waals surface area contributed by atoms with E-state index in [1.54, 1.807) is 0 Å². The largest absolute Gasteiger partial charge is 0.460 e. The summed E-state index contributed by atoms with van der Waals surface area (Å²) in [6.07, 6.45) is 0. The monoisotopic (exact) mass is 306 g/mol. The maximum atomic E-state index is 11.2. The molecule has 0 saturated heterocycles. The van der Waals surface area contributed by atoms with Crippen molar-refractivity contribution < 1.29 is 32.7 Å². The Morgan fingerprint density at radius 2 is 1.20 bits per heavy atom. The third kappa shape index (κ3) is 9.49. The highest BCUT2D eigenvalue weighted by Crippen LogP contribution is 2.22. The molecule has 8 heteroatoms. The van der Waals surface area contributed by atoms with Crippen LogP contribution >= 0.6 is 8.25 Å². The van der Waals surface area contributed by atoms with Gasteiger partial charge in [0.15, 0.2) is 0 Å². The van der Waals surface area contributed by atoms with Crippen molar-refractivity contribution in [2.75, 3.05) is 26.4 Å². The number of rotatable bonds is 10. The van der Waals surface area contributed by atoms with E-state index in [-0.39, 0.29) is 37.6 Å². The van der Waals surface area contributed by atoms with Gasteiger partial charge in [-0.05, 0) is 13.8 Å². The van der Waals surface area contributed by atoms with Crippen LogP contribution in [0.15, 0.2) is 24.3 Å². The predicted octanol–water partition coefficient (Wildman–Crippen LogP) is 1.65. The number of esters is 2. The molecule has 0 aliphatic carbocycles. The third-order valence-corrected chi connectivity index (χ3v) is 2.65. The molecule has 0 N–H and O–H groups in total. The van der Waals surface area contributed by atoms with Crippen molar-refractivity contribution in [2.24, 2.45) is 0 Å². The zero-order valence-electron chi connectivity index (χ0n) is 11.6. The summed E-state index contributed by atoms with van der Waals surface area (Å²) in [5, 5.41) is 0. The van der Waals surface area contributed by atoms with Gasteiger partial charge in [-0.2, -0.15) is 0 Å². The number of hydrogen-bond donors (Lipinski definition) is 0. The Kier molecular flexibility index (Phi) is 9.63. The van der Waals surface area contributed by atoms with Gasteiger partial charge in [-0.3, -0.25) is 4.57 Å². The first kappa shape index (κ1) is 18.6. The summed E-state index contributed by atoms with van der Waals surface area (Å²) in [7, 11) is -2.70. The normalized spacial score (nSPS) is 10.2. The second kappa shape index (κ2) is 10.4. The molecular weight excluding hydrogens is 287 g/mol. The van der Waals surface area contributed by atoms with E-state index < -0.39 is 20.2 Å². The van der Waals surface area contributed by atoms with Crippen molar-refractivity contribution in [1.82, 2.24) is 0 Å². The van der Waals surface area contributed by atoms with E-state index in [1.807, 2.05) is 0 Å². The second-order valence-corrected chi connectivity index (χ2v) is 4.86. The molecule has 0 aromatic carbocycles. The Hall–Kier alpha value is -1.43. The topological polar surface area (TPSA) is 88.1 Å². The van der Waals surface area contributed by atoms with Gasteiger partial charge in [-0.25, -0.2) is 9.59 Å². The van der Waals surface area contributed by atoms with Gasteiger partial charge in [-0.15, -0.1) is 0 Å². The smallest absolute Gasteiger partial charge is 0.333 e. The fourth-order valence-electron chi connectivity index (χ4n) is 0.807. The van der Waals surface area contributed by atoms with Crippen LogP contribution in [0.4, 0.5) is 0 Å². The second-order valence-electron chi connectivity index (χ2n) is 3.78. The van der Waals surface area contributed by atoms with Gasteiger partial charge in [0.05, 0.1) is 13.2 Å². The molecule has 7 nitrogen and oxygen atoms in total. The molecule has 0 bridgehead atoms. The van der Waals surface area contributed by atoms with Gasteiger partial charge in [-0.1, -0.05) is 13.2 Å². The minimum absolute atomic E-state index is 0.0455. The summed E-state index contributed by atoms with van der Waals surface area (Å²) in [6.45, 7) is 9.64. The fraction of sp³-hybridized carbons (Fsp3) is 0.500. The van der Waals surface area contributed by atoms with Gasteiger partial charge in [0.2, 0.25) is 0 Å². The summed E-state index contributed by atoms with van der Waals surface area (Å²) >= 11 is 0. The molecule has 0 atom stereocenters. The van der Waals surface area contributed by atoms with Crippen LogP contribution in [0.5, 0.6) is 0 Å². The third-order valence-electron chi connectivity index (χ3n) is 1.77. The molecule has 0 unspecified atom stereocenters. The first-order valence-electron chi connectivity index (χ1n) is 5.79. The molecule has 0 spiro atoms. The Labute approximate surface area is 118 Å². The lowest BCUT2D eigenvalue weighted by Crippen LogP contribution is -2.11. The van der Waals surface area contributed by atoms with Gasteiger partial charge in [0.25, 0.3) is 0 Å². The summed E-state index contributed by atoms with van der Waals surface area (Å²) in [4.78, 5) is 22.0. The van der Waals surface area contributed by atoms with Crippen LogP contribution in [-0.2, 0) is 32.7 Å². The van der Waals surface area contributed by atoms with E-state index >= 15 is 0 Å². The number of ether oxygens (including phenoxy) is 2. The highest BCUT2D eigenvalue weighted by atomic mass is 31.1. The fourth-order valence-corrected chi connectivity index (χ4v) is 1.39. The van der Waals surface area contributed by atoms with E-state index in [9.17, 15) is 14.2 Å². The molecule has 0 fully saturated rings. The number of carbonyl (C=O) groups is 2. The zero-order valence-corrected chi connectivity index (χ0v) is 12.6. The molecule has 0 rings (SSSR count). The highest BCUT2D eigenvalue weighted by molar-refractivity contribution is 7.33. The zero-order chi connectivity index (χ0) is 15.5. The van der Waals surface area contributed by atoms with Gasteiger partial charge in [0.1, 0.15) is 13.2 Å². The first-order valence-corrected chi connectivity index (χ1v) is 7.02. The van der Waals surface area contributed by atoms with E-state index in [2.05, 4.69) is 13.2 Å². The molecule has 114 valence electrons. The van der Waals surface area contributed by atoms with Gasteiger partial charge < -0.3 is 18.5 Å². The van der Waals surface area contributed by atoms with Crippen molar-refractivity contribution in [3.8, 4) is 0 Å². The van der Waals surface area contributed by atoms with Crippen LogP contribution < -0.4 is 0 Å². The lowest BCUT2D eigenvalue weighted by atomic mass is 10.4. The van der Waals surface area contributed by atoms with E-state index in [0.717, 1.165) is 0 Å². The van der Waals surface area contributed by atoms with Crippen LogP contribution in [0, 0.1) is 0 Å². The summed E-state index contributed by atoms with van der Waals surface area (Å²) in [5.41, 5.74) is 0.543. The molecule has 0 heterocycles. The molecular formula is C12H19O7P. The summed E-state index contributed by atoms with van der Waals surface area (Å²) in [5.74, 6) is -1.08. The molecule has 0 saturated carbocycles. The van der Waals surface area contributed by atoms with E-state index in [0.29, 0.717) is 0 Å². The van der Waals surface area contributed by atoms with Crippen LogP contribution in [0.1, 0.15) is 13.8 Å². The van der Waals surface area contributed by atoms with Crippen molar-refractivity contribution in [2.45, 2.75) is 13.8 Å². The average Bonchev–Trinajstić information content (AvgIpc) is 2.38. The molecule has 0 aromatic heterocycles. The summed E-state index contributed by atoms with van der Waals surface area (Å²) < 4.78 is 30.2. The van der Waals surface area contributed by atoms with Crippen LogP contribution in [0.2, 0.25) is 0 Å². The number of hydrogen-bond acceptors (Lipinski definition) is 7. The van der Waals surface area contributed by atoms with Crippen molar-refractivity contribution in [3.05, 3.63) is 24.3 Å². The quantitative estimate of drug-likeness (QED) is 0.262. The van der Waals surface area contributed by atoms with Gasteiger partial charge >= 0.3 is 20.2 Å². The standard InChI is InChI=1S/C12H19O7P/c1-9(2)11(13)16-5-7-18-20(15)19-8-6-17-12(14)10(3)4/h20H,1,3,5-8H2,2,4H3. The Balaban J connectivity index is 3.55. The number of carbonyl (C=O) groups excluding carboxylic acids is 2. The van der Waals surface area contributed by atoms with Crippen LogP contribution in [0.3, 0.4) is 0 Å². The molecule has 0 aromatic rings. The van der Waals surface area contributed by atoms with E-state index in [1.165, 1.54) is 13.8 Å². The maximum absolute atomic E-state index is 11.2. The summed E-state index contributed by atoms with van der Waals surface area (Å²) in [6, 6.07) is 0. The Morgan fingerprint density at radius 1 is 0.850 bits per heavy atom. The SMILES string of the molecule is C=C(C)C(=O)OCCO[PH](=O)OCCOC(=O)C(=C)C. The highest BCUT2D eigenvalue weighted by Gasteiger charge is 2.06. The predicted molar refractivity (Wildman–Crippen MR) is 72.5 cm³/mol. The van der Waals surface area contributed by atoms with Gasteiger partial charge in [0, 0.05) is 11.1 Å². The molecule has 0 amide bonds. The lowest BCUT2D eigenvalue weighted by molar-refractivity contribution is -0.140. The molecule has 0 aliphatic heterocycles. The van der Waals surface area contributed by atoms with Crippen molar-refractivity contribution >= 4 is 20.2 Å². The lowest BCUT2D eigenvalue weighted by Gasteiger charge is -2.07. The molecule has 0 radical (unpaired) electrons. The van der Waals surface area contributed by atoms with Crippen molar-refractivity contribution in [3.63, 3.8) is 0 Å². The first-order chi connectivity index (χ1) is 9.34. The minimum Gasteiger partial charge on any atom is -0.460 e. The molecule has 20 heavy (non-hydrogen) atoms. The van der Waals surface area contributed by atoms with Crippen LogP contribution in [0.25, 0.3) is 0 Å². The van der Waals surface area contributed by atoms with Crippen LogP contribution in [-0.4, -0.2) is 38.4 Å².